The highest BCUT2D eigenvalue weighted by molar-refractivity contribution is 5.69. The van der Waals surface area contributed by atoms with Gasteiger partial charge in [-0.05, 0) is 123 Å². The minimum Gasteiger partial charge on any atom is -0.462 e. The molecule has 0 aromatic rings. The van der Waals surface area contributed by atoms with Crippen LogP contribution in [-0.4, -0.2) is 37.6 Å². The van der Waals surface area contributed by atoms with Gasteiger partial charge in [-0.2, -0.15) is 0 Å². The van der Waals surface area contributed by atoms with Crippen LogP contribution in [0, 0.1) is 0 Å². The number of unbranched alkanes of at least 4 members (excludes halogenated alkanes) is 19. The number of rotatable bonds is 36. The Morgan fingerprint density at radius 1 is 0.489 bits per heavy atom. The Balaban J connectivity index is 4.06. The molecule has 3 nitrogen and oxygen atoms in total. The SMILES string of the molecule is CCCCC/C=C\C/C=C\CCCCCCCCC(CCCCCCCC/C=C\C/C=C\CCCCC)OC(=O)CCCCN(C)C. The standard InChI is InChI=1S/C44H81NO2/c1-5-7-9-11-13-15-17-19-21-23-25-27-29-31-33-35-39-43(47-44(46)41-37-38-42-45(3)4)40-36-34-32-30-28-26-24-22-20-18-16-14-12-10-8-6-2/h13-16,19-22,43H,5-12,17-18,23-42H2,1-4H3/b15-13-,16-14-,21-19-,22-20-. The summed E-state index contributed by atoms with van der Waals surface area (Å²) in [6.45, 7) is 5.56. The lowest BCUT2D eigenvalue weighted by Crippen LogP contribution is -2.19. The van der Waals surface area contributed by atoms with E-state index in [0.717, 1.165) is 45.1 Å². The minimum absolute atomic E-state index is 0.0221. The second-order valence-electron chi connectivity index (χ2n) is 14.1. The third kappa shape index (κ3) is 38.7. The van der Waals surface area contributed by atoms with E-state index in [0.29, 0.717) is 6.42 Å². The number of hydrogen-bond acceptors (Lipinski definition) is 3. The average Bonchev–Trinajstić information content (AvgIpc) is 3.06. The molecule has 0 atom stereocenters. The van der Waals surface area contributed by atoms with E-state index < -0.39 is 0 Å². The lowest BCUT2D eigenvalue weighted by atomic mass is 10.0. The van der Waals surface area contributed by atoms with Gasteiger partial charge in [-0.15, -0.1) is 0 Å². The molecule has 3 heteroatoms. The maximum Gasteiger partial charge on any atom is 0.306 e. The molecular formula is C44H81NO2. The van der Waals surface area contributed by atoms with Crippen LogP contribution in [0.1, 0.15) is 200 Å². The summed E-state index contributed by atoms with van der Waals surface area (Å²) in [5.41, 5.74) is 0. The van der Waals surface area contributed by atoms with Gasteiger partial charge >= 0.3 is 5.97 Å². The average molecular weight is 656 g/mol. The number of hydrogen-bond donors (Lipinski definition) is 0. The van der Waals surface area contributed by atoms with Gasteiger partial charge in [0.1, 0.15) is 6.10 Å². The van der Waals surface area contributed by atoms with Crippen molar-refractivity contribution in [3.05, 3.63) is 48.6 Å². The highest BCUT2D eigenvalue weighted by Crippen LogP contribution is 2.18. The van der Waals surface area contributed by atoms with Crippen LogP contribution < -0.4 is 0 Å². The van der Waals surface area contributed by atoms with Gasteiger partial charge in [0.25, 0.3) is 0 Å². The van der Waals surface area contributed by atoms with Gasteiger partial charge in [-0.1, -0.05) is 140 Å². The Bertz CT molecular complexity index is 702. The number of esters is 1. The second-order valence-corrected chi connectivity index (χ2v) is 14.1. The maximum absolute atomic E-state index is 12.6. The van der Waals surface area contributed by atoms with Gasteiger partial charge in [0.15, 0.2) is 0 Å². The fourth-order valence-electron chi connectivity index (χ4n) is 5.92. The van der Waals surface area contributed by atoms with Crippen molar-refractivity contribution in [2.24, 2.45) is 0 Å². The lowest BCUT2D eigenvalue weighted by Gasteiger charge is -2.18. The molecule has 47 heavy (non-hydrogen) atoms. The number of nitrogens with zero attached hydrogens (tertiary/aromatic N) is 1. The third-order valence-electron chi connectivity index (χ3n) is 8.99. The van der Waals surface area contributed by atoms with Crippen molar-refractivity contribution in [2.75, 3.05) is 20.6 Å². The topological polar surface area (TPSA) is 29.5 Å². The predicted octanol–water partition coefficient (Wildman–Crippen LogP) is 14.0. The van der Waals surface area contributed by atoms with Crippen LogP contribution in [0.3, 0.4) is 0 Å². The molecule has 0 heterocycles. The summed E-state index contributed by atoms with van der Waals surface area (Å²) in [6.07, 6.45) is 53.9. The molecule has 0 spiro atoms. The summed E-state index contributed by atoms with van der Waals surface area (Å²) >= 11 is 0. The summed E-state index contributed by atoms with van der Waals surface area (Å²) in [6, 6.07) is 0. The Kier molecular flexibility index (Phi) is 37.5. The van der Waals surface area contributed by atoms with E-state index in [1.165, 1.54) is 141 Å². The summed E-state index contributed by atoms with van der Waals surface area (Å²) < 4.78 is 6.03. The smallest absolute Gasteiger partial charge is 0.306 e. The highest BCUT2D eigenvalue weighted by atomic mass is 16.5. The van der Waals surface area contributed by atoms with E-state index in [-0.39, 0.29) is 12.1 Å². The molecule has 0 N–H and O–H groups in total. The lowest BCUT2D eigenvalue weighted by molar-refractivity contribution is -0.150. The van der Waals surface area contributed by atoms with E-state index in [9.17, 15) is 4.79 Å². The zero-order valence-electron chi connectivity index (χ0n) is 32.2. The quantitative estimate of drug-likeness (QED) is 0.0382. The van der Waals surface area contributed by atoms with Crippen LogP contribution in [0.4, 0.5) is 0 Å². The first-order valence-electron chi connectivity index (χ1n) is 20.5. The van der Waals surface area contributed by atoms with Crippen molar-refractivity contribution in [3.8, 4) is 0 Å². The largest absolute Gasteiger partial charge is 0.462 e. The molecule has 0 radical (unpaired) electrons. The van der Waals surface area contributed by atoms with Gasteiger partial charge < -0.3 is 9.64 Å². The highest BCUT2D eigenvalue weighted by Gasteiger charge is 2.14. The van der Waals surface area contributed by atoms with E-state index in [2.05, 4.69) is 81.5 Å². The molecule has 0 aliphatic carbocycles. The molecule has 0 rings (SSSR count). The van der Waals surface area contributed by atoms with E-state index >= 15 is 0 Å². The number of allylic oxidation sites excluding steroid dienone is 8. The third-order valence-corrected chi connectivity index (χ3v) is 8.99. The van der Waals surface area contributed by atoms with E-state index in [4.69, 9.17) is 4.74 Å². The number of ether oxygens (including phenoxy) is 1. The molecule has 274 valence electrons. The zero-order chi connectivity index (χ0) is 34.3. The van der Waals surface area contributed by atoms with Crippen LogP contribution >= 0.6 is 0 Å². The Labute approximate surface area is 295 Å². The molecule has 0 saturated carbocycles. The van der Waals surface area contributed by atoms with E-state index in [1.807, 2.05) is 0 Å². The summed E-state index contributed by atoms with van der Waals surface area (Å²) in [5, 5.41) is 0. The molecule has 0 amide bonds. The van der Waals surface area contributed by atoms with Gasteiger partial charge in [-0.3, -0.25) is 4.79 Å². The number of carbonyl (C=O) groups is 1. The van der Waals surface area contributed by atoms with Crippen molar-refractivity contribution < 1.29 is 9.53 Å². The van der Waals surface area contributed by atoms with Crippen molar-refractivity contribution >= 4 is 5.97 Å². The molecule has 0 bridgehead atoms. The Morgan fingerprint density at radius 2 is 0.872 bits per heavy atom. The van der Waals surface area contributed by atoms with Gasteiger partial charge in [0, 0.05) is 6.42 Å². The zero-order valence-corrected chi connectivity index (χ0v) is 32.2. The first-order valence-corrected chi connectivity index (χ1v) is 20.5. The van der Waals surface area contributed by atoms with Crippen LogP contribution in [0.5, 0.6) is 0 Å². The monoisotopic (exact) mass is 656 g/mol. The van der Waals surface area contributed by atoms with Gasteiger partial charge in [0.05, 0.1) is 0 Å². The predicted molar refractivity (Wildman–Crippen MR) is 210 cm³/mol. The van der Waals surface area contributed by atoms with Crippen LogP contribution in [0.25, 0.3) is 0 Å². The molecule has 0 aliphatic heterocycles. The first kappa shape index (κ1) is 45.4. The van der Waals surface area contributed by atoms with Crippen molar-refractivity contribution in [2.45, 2.75) is 206 Å². The molecule has 0 aromatic heterocycles. The molecule has 0 aromatic carbocycles. The Morgan fingerprint density at radius 3 is 1.28 bits per heavy atom. The molecule has 0 fully saturated rings. The Hall–Kier alpha value is -1.61. The molecule has 0 unspecified atom stereocenters. The molecule has 0 saturated heterocycles. The minimum atomic E-state index is 0.0221. The summed E-state index contributed by atoms with van der Waals surface area (Å²) in [4.78, 5) is 14.8. The van der Waals surface area contributed by atoms with Crippen LogP contribution in [-0.2, 0) is 9.53 Å². The first-order chi connectivity index (χ1) is 23.1. The van der Waals surface area contributed by atoms with Crippen molar-refractivity contribution in [3.63, 3.8) is 0 Å². The molecular weight excluding hydrogens is 574 g/mol. The summed E-state index contributed by atoms with van der Waals surface area (Å²) in [5.74, 6) is 0.0221. The normalized spacial score (nSPS) is 12.4. The van der Waals surface area contributed by atoms with Crippen LogP contribution in [0.2, 0.25) is 0 Å². The van der Waals surface area contributed by atoms with Crippen LogP contribution in [0.15, 0.2) is 48.6 Å². The molecule has 0 aliphatic rings. The summed E-state index contributed by atoms with van der Waals surface area (Å²) in [7, 11) is 4.18. The fraction of sp³-hybridized carbons (Fsp3) is 0.795. The second kappa shape index (κ2) is 38.8. The van der Waals surface area contributed by atoms with Gasteiger partial charge in [0.2, 0.25) is 0 Å². The maximum atomic E-state index is 12.6. The number of carbonyl (C=O) groups excluding carboxylic acids is 1. The van der Waals surface area contributed by atoms with Crippen molar-refractivity contribution in [1.82, 2.24) is 4.90 Å². The van der Waals surface area contributed by atoms with E-state index in [1.54, 1.807) is 0 Å². The fourth-order valence-corrected chi connectivity index (χ4v) is 5.92. The van der Waals surface area contributed by atoms with Gasteiger partial charge in [-0.25, -0.2) is 0 Å². The van der Waals surface area contributed by atoms with Crippen molar-refractivity contribution in [1.29, 1.82) is 0 Å².